The van der Waals surface area contributed by atoms with Gasteiger partial charge in [0.15, 0.2) is 0 Å². The van der Waals surface area contributed by atoms with E-state index in [0.717, 1.165) is 31.3 Å². The monoisotopic (exact) mass is 329 g/mol. The van der Waals surface area contributed by atoms with E-state index < -0.39 is 11.2 Å². The highest BCUT2D eigenvalue weighted by molar-refractivity contribution is 9.09. The Hall–Kier alpha value is -0.370. The summed E-state index contributed by atoms with van der Waals surface area (Å²) in [5.74, 6) is 0.535. The molecule has 0 radical (unpaired) electrons. The Labute approximate surface area is 109 Å². The second-order valence-corrected chi connectivity index (χ2v) is 5.71. The van der Waals surface area contributed by atoms with Gasteiger partial charge in [-0.3, -0.25) is 0 Å². The van der Waals surface area contributed by atoms with E-state index in [9.17, 15) is 13.2 Å². The molecule has 0 saturated carbocycles. The van der Waals surface area contributed by atoms with E-state index in [0.29, 0.717) is 22.4 Å². The van der Waals surface area contributed by atoms with Gasteiger partial charge in [0.25, 0.3) is 0 Å². The van der Waals surface area contributed by atoms with E-state index in [1.165, 1.54) is 0 Å². The lowest BCUT2D eigenvalue weighted by molar-refractivity contribution is -0.138. The Bertz CT molecular complexity index is 382. The number of halogens is 4. The molecule has 1 unspecified atom stereocenters. The zero-order valence-electron chi connectivity index (χ0n) is 8.87. The molecule has 2 rings (SSSR count). The van der Waals surface area contributed by atoms with Crippen molar-refractivity contribution in [3.05, 3.63) is 5.01 Å². The highest BCUT2D eigenvalue weighted by Crippen LogP contribution is 2.36. The van der Waals surface area contributed by atoms with Crippen molar-refractivity contribution in [1.29, 1.82) is 0 Å². The molecule has 1 saturated heterocycles. The Morgan fingerprint density at radius 1 is 1.41 bits per heavy atom. The molecular weight excluding hydrogens is 319 g/mol. The Morgan fingerprint density at radius 3 is 2.76 bits per heavy atom. The van der Waals surface area contributed by atoms with Crippen LogP contribution in [0.25, 0.3) is 0 Å². The lowest BCUT2D eigenvalue weighted by Crippen LogP contribution is -2.19. The number of anilines is 1. The van der Waals surface area contributed by atoms with Gasteiger partial charge in [0.05, 0.1) is 0 Å². The van der Waals surface area contributed by atoms with E-state index in [1.54, 1.807) is 0 Å². The molecular formula is C9H11BrF3N3S. The van der Waals surface area contributed by atoms with Gasteiger partial charge >= 0.3 is 6.18 Å². The van der Waals surface area contributed by atoms with Crippen molar-refractivity contribution in [2.75, 3.05) is 23.3 Å². The second-order valence-electron chi connectivity index (χ2n) is 3.97. The molecule has 3 nitrogen and oxygen atoms in total. The highest BCUT2D eigenvalue weighted by atomic mass is 79.9. The topological polar surface area (TPSA) is 29.0 Å². The first-order chi connectivity index (χ1) is 8.00. The Balaban J connectivity index is 2.02. The van der Waals surface area contributed by atoms with Gasteiger partial charge in [-0.2, -0.15) is 13.2 Å². The van der Waals surface area contributed by atoms with E-state index >= 15 is 0 Å². The van der Waals surface area contributed by atoms with E-state index in [-0.39, 0.29) is 0 Å². The third-order valence-electron chi connectivity index (χ3n) is 2.73. The molecule has 1 aromatic rings. The predicted molar refractivity (Wildman–Crippen MR) is 63.6 cm³/mol. The van der Waals surface area contributed by atoms with Crippen LogP contribution in [0.4, 0.5) is 18.3 Å². The van der Waals surface area contributed by atoms with Crippen LogP contribution in [0.5, 0.6) is 0 Å². The van der Waals surface area contributed by atoms with Gasteiger partial charge < -0.3 is 4.90 Å². The van der Waals surface area contributed by atoms with Gasteiger partial charge in [-0.1, -0.05) is 27.3 Å². The van der Waals surface area contributed by atoms with Crippen LogP contribution in [0.3, 0.4) is 0 Å². The van der Waals surface area contributed by atoms with Crippen LogP contribution in [0.2, 0.25) is 0 Å². The molecule has 1 aliphatic heterocycles. The zero-order valence-corrected chi connectivity index (χ0v) is 11.3. The van der Waals surface area contributed by atoms with Crippen molar-refractivity contribution in [3.63, 3.8) is 0 Å². The third-order valence-corrected chi connectivity index (χ3v) is 4.22. The maximum Gasteiger partial charge on any atom is 0.445 e. The number of rotatable bonds is 3. The van der Waals surface area contributed by atoms with Gasteiger partial charge in [-0.15, -0.1) is 10.2 Å². The molecule has 17 heavy (non-hydrogen) atoms. The van der Waals surface area contributed by atoms with Crippen LogP contribution in [0.1, 0.15) is 17.8 Å². The van der Waals surface area contributed by atoms with E-state index in [4.69, 9.17) is 0 Å². The summed E-state index contributed by atoms with van der Waals surface area (Å²) in [6.45, 7) is 1.54. The molecule has 1 fully saturated rings. The number of hydrogen-bond donors (Lipinski definition) is 0. The Morgan fingerprint density at radius 2 is 2.18 bits per heavy atom. The predicted octanol–water partition coefficient (Wildman–Crippen LogP) is 3.17. The molecule has 0 amide bonds. The molecule has 2 heterocycles. The molecule has 0 bridgehead atoms. The van der Waals surface area contributed by atoms with Crippen LogP contribution in [0.15, 0.2) is 0 Å². The van der Waals surface area contributed by atoms with Crippen LogP contribution in [-0.4, -0.2) is 28.6 Å². The van der Waals surface area contributed by atoms with Crippen molar-refractivity contribution in [3.8, 4) is 0 Å². The van der Waals surface area contributed by atoms with Gasteiger partial charge in [-0.05, 0) is 18.8 Å². The van der Waals surface area contributed by atoms with Crippen molar-refractivity contribution in [1.82, 2.24) is 10.2 Å². The highest BCUT2D eigenvalue weighted by Gasteiger charge is 2.36. The van der Waals surface area contributed by atoms with Crippen molar-refractivity contribution in [2.45, 2.75) is 19.0 Å². The molecule has 1 atom stereocenters. The van der Waals surface area contributed by atoms with Crippen LogP contribution < -0.4 is 4.90 Å². The first-order valence-electron chi connectivity index (χ1n) is 5.22. The fourth-order valence-electron chi connectivity index (χ4n) is 1.85. The summed E-state index contributed by atoms with van der Waals surface area (Å²) in [5.41, 5.74) is 0. The number of nitrogens with zero attached hydrogens (tertiary/aromatic N) is 3. The lowest BCUT2D eigenvalue weighted by atomic mass is 10.1. The smallest absolute Gasteiger partial charge is 0.346 e. The minimum Gasteiger partial charge on any atom is -0.346 e. The molecule has 0 spiro atoms. The minimum atomic E-state index is -4.38. The molecule has 0 N–H and O–H groups in total. The average Bonchev–Trinajstić information content (AvgIpc) is 2.82. The SMILES string of the molecule is FC(F)(F)c1nnc(N2CCC(CCBr)C2)s1. The summed E-state index contributed by atoms with van der Waals surface area (Å²) in [7, 11) is 0. The lowest BCUT2D eigenvalue weighted by Gasteiger charge is -2.13. The minimum absolute atomic E-state index is 0.384. The molecule has 96 valence electrons. The van der Waals surface area contributed by atoms with Gasteiger partial charge in [0.2, 0.25) is 10.1 Å². The number of alkyl halides is 4. The van der Waals surface area contributed by atoms with Crippen molar-refractivity contribution >= 4 is 32.4 Å². The summed E-state index contributed by atoms with van der Waals surface area (Å²) < 4.78 is 37.1. The standard InChI is InChI=1S/C9H11BrF3N3S/c10-3-1-6-2-4-16(5-6)8-15-14-7(17-8)9(11,12)13/h6H,1-5H2. The zero-order chi connectivity index (χ0) is 12.5. The maximum atomic E-state index is 12.4. The first kappa shape index (κ1) is 13.1. The number of aromatic nitrogens is 2. The summed E-state index contributed by atoms with van der Waals surface area (Å²) in [4.78, 5) is 1.89. The van der Waals surface area contributed by atoms with Crippen LogP contribution in [0, 0.1) is 5.92 Å². The average molecular weight is 330 g/mol. The summed E-state index contributed by atoms with van der Waals surface area (Å²) in [6.07, 6.45) is -2.33. The van der Waals surface area contributed by atoms with Crippen LogP contribution >= 0.6 is 27.3 Å². The normalized spacial score (nSPS) is 21.2. The number of hydrogen-bond acceptors (Lipinski definition) is 4. The second kappa shape index (κ2) is 5.09. The quantitative estimate of drug-likeness (QED) is 0.797. The van der Waals surface area contributed by atoms with Gasteiger partial charge in [0, 0.05) is 18.4 Å². The molecule has 1 aromatic heterocycles. The largest absolute Gasteiger partial charge is 0.445 e. The molecule has 1 aliphatic rings. The van der Waals surface area contributed by atoms with E-state index in [2.05, 4.69) is 26.1 Å². The summed E-state index contributed by atoms with van der Waals surface area (Å²) >= 11 is 4.00. The summed E-state index contributed by atoms with van der Waals surface area (Å²) in [5, 5.41) is 7.26. The fraction of sp³-hybridized carbons (Fsp3) is 0.778. The maximum absolute atomic E-state index is 12.4. The third kappa shape index (κ3) is 3.09. The van der Waals surface area contributed by atoms with Gasteiger partial charge in [0.1, 0.15) is 0 Å². The summed E-state index contributed by atoms with van der Waals surface area (Å²) in [6, 6.07) is 0. The fourth-order valence-corrected chi connectivity index (χ4v) is 3.25. The molecule has 0 aliphatic carbocycles. The Kier molecular flexibility index (Phi) is 3.92. The van der Waals surface area contributed by atoms with E-state index in [1.807, 2.05) is 4.90 Å². The molecule has 8 heteroatoms. The first-order valence-corrected chi connectivity index (χ1v) is 7.16. The van der Waals surface area contributed by atoms with Crippen molar-refractivity contribution < 1.29 is 13.2 Å². The van der Waals surface area contributed by atoms with Gasteiger partial charge in [-0.25, -0.2) is 0 Å². The van der Waals surface area contributed by atoms with Crippen LogP contribution in [-0.2, 0) is 6.18 Å². The molecule has 0 aromatic carbocycles. The van der Waals surface area contributed by atoms with Crippen molar-refractivity contribution in [2.24, 2.45) is 5.92 Å².